The Morgan fingerprint density at radius 3 is 2.12 bits per heavy atom. The highest BCUT2D eigenvalue weighted by Gasteiger charge is 2.49. The summed E-state index contributed by atoms with van der Waals surface area (Å²) in [6.07, 6.45) is 3.93. The number of hydrogen-bond acceptors (Lipinski definition) is 4. The number of nitrogens with zero attached hydrogens (tertiary/aromatic N) is 1. The first kappa shape index (κ1) is 24.7. The molecule has 0 bridgehead atoms. The molecule has 0 aromatic heterocycles. The number of unbranched alkanes of at least 4 members (excludes halogenated alkanes) is 2. The monoisotopic (exact) mass is 458 g/mol. The number of nitrogens with one attached hydrogen (secondary N) is 1. The molecular weight excluding hydrogens is 420 g/mol. The van der Waals surface area contributed by atoms with E-state index in [-0.39, 0.29) is 4.90 Å². The second kappa shape index (κ2) is 9.94. The number of anilines is 1. The number of aliphatic hydroxyl groups excluding tert-OH is 1. The number of sulfonamides is 1. The SMILES string of the molecule is CCCCC1(CCCC)NS(=O)(=O)c2ccc(N(C)C)cc2[C@@H](c2ccc(C)cc2)[C@H]1O. The van der Waals surface area contributed by atoms with Gasteiger partial charge in [-0.25, -0.2) is 13.1 Å². The van der Waals surface area contributed by atoms with E-state index in [1.807, 2.05) is 62.3 Å². The summed E-state index contributed by atoms with van der Waals surface area (Å²) in [6.45, 7) is 6.23. The highest BCUT2D eigenvalue weighted by Crippen LogP contribution is 2.44. The Hall–Kier alpha value is -1.89. The lowest BCUT2D eigenvalue weighted by molar-refractivity contribution is 0.0470. The van der Waals surface area contributed by atoms with Gasteiger partial charge in [0.2, 0.25) is 10.0 Å². The van der Waals surface area contributed by atoms with E-state index >= 15 is 0 Å². The third kappa shape index (κ3) is 4.87. The molecule has 1 aliphatic rings. The van der Waals surface area contributed by atoms with Gasteiger partial charge in [0.25, 0.3) is 0 Å². The number of aliphatic hydroxyl groups is 1. The summed E-state index contributed by atoms with van der Waals surface area (Å²) in [4.78, 5) is 2.23. The number of benzene rings is 2. The molecule has 0 fully saturated rings. The molecule has 0 amide bonds. The van der Waals surface area contributed by atoms with Crippen LogP contribution in [0.2, 0.25) is 0 Å². The Balaban J connectivity index is 2.30. The van der Waals surface area contributed by atoms with Crippen LogP contribution in [0.15, 0.2) is 47.4 Å². The van der Waals surface area contributed by atoms with Gasteiger partial charge in [0.15, 0.2) is 0 Å². The van der Waals surface area contributed by atoms with E-state index in [2.05, 4.69) is 18.6 Å². The van der Waals surface area contributed by atoms with Crippen LogP contribution in [-0.2, 0) is 10.0 Å². The molecule has 3 rings (SSSR count). The Morgan fingerprint density at radius 2 is 1.59 bits per heavy atom. The van der Waals surface area contributed by atoms with E-state index in [1.54, 1.807) is 6.07 Å². The lowest BCUT2D eigenvalue weighted by Gasteiger charge is -2.40. The van der Waals surface area contributed by atoms with Gasteiger partial charge in [0, 0.05) is 25.7 Å². The van der Waals surface area contributed by atoms with Gasteiger partial charge < -0.3 is 10.0 Å². The first-order valence-electron chi connectivity index (χ1n) is 11.7. The zero-order chi connectivity index (χ0) is 23.5. The highest BCUT2D eigenvalue weighted by atomic mass is 32.2. The van der Waals surface area contributed by atoms with Crippen molar-refractivity contribution in [2.75, 3.05) is 19.0 Å². The van der Waals surface area contributed by atoms with E-state index in [1.165, 1.54) is 0 Å². The second-order valence-corrected chi connectivity index (χ2v) is 11.1. The van der Waals surface area contributed by atoms with E-state index in [9.17, 15) is 13.5 Å². The normalized spacial score (nSPS) is 21.6. The summed E-state index contributed by atoms with van der Waals surface area (Å²) < 4.78 is 30.3. The van der Waals surface area contributed by atoms with E-state index in [0.717, 1.165) is 42.5 Å². The molecule has 176 valence electrons. The minimum absolute atomic E-state index is 0.266. The molecule has 32 heavy (non-hydrogen) atoms. The average molecular weight is 459 g/mol. The van der Waals surface area contributed by atoms with Crippen LogP contribution in [0.4, 0.5) is 5.69 Å². The number of fused-ring (bicyclic) bond motifs is 1. The maximum absolute atomic E-state index is 13.7. The fourth-order valence-electron chi connectivity index (χ4n) is 4.82. The lowest BCUT2D eigenvalue weighted by atomic mass is 9.73. The van der Waals surface area contributed by atoms with Crippen molar-refractivity contribution < 1.29 is 13.5 Å². The van der Waals surface area contributed by atoms with Crippen LogP contribution in [0.5, 0.6) is 0 Å². The van der Waals surface area contributed by atoms with Gasteiger partial charge in [0.05, 0.1) is 16.5 Å². The summed E-state index contributed by atoms with van der Waals surface area (Å²) in [5.74, 6) is -0.441. The molecule has 0 radical (unpaired) electrons. The molecule has 2 aromatic carbocycles. The van der Waals surface area contributed by atoms with Gasteiger partial charge in [0.1, 0.15) is 0 Å². The third-order valence-electron chi connectivity index (χ3n) is 6.74. The Labute approximate surface area is 193 Å². The summed E-state index contributed by atoms with van der Waals surface area (Å²) in [7, 11) is 0.0796. The Bertz CT molecular complexity index is 1010. The lowest BCUT2D eigenvalue weighted by Crippen LogP contribution is -2.56. The van der Waals surface area contributed by atoms with Crippen LogP contribution >= 0.6 is 0 Å². The molecular formula is C26H38N2O3S. The molecule has 0 saturated heterocycles. The predicted octanol–water partition coefficient (Wildman–Crippen LogP) is 4.96. The van der Waals surface area contributed by atoms with Crippen molar-refractivity contribution >= 4 is 15.7 Å². The van der Waals surface area contributed by atoms with Gasteiger partial charge in [-0.2, -0.15) is 0 Å². The molecule has 0 unspecified atom stereocenters. The molecule has 0 saturated carbocycles. The van der Waals surface area contributed by atoms with Crippen molar-refractivity contribution in [3.8, 4) is 0 Å². The quantitative estimate of drug-likeness (QED) is 0.586. The first-order valence-corrected chi connectivity index (χ1v) is 13.2. The molecule has 2 N–H and O–H groups in total. The molecule has 0 aliphatic carbocycles. The Kier molecular flexibility index (Phi) is 7.69. The summed E-state index contributed by atoms with van der Waals surface area (Å²) in [5, 5.41) is 12.0. The van der Waals surface area contributed by atoms with Crippen LogP contribution in [0.3, 0.4) is 0 Å². The minimum atomic E-state index is -3.80. The predicted molar refractivity (Wildman–Crippen MR) is 132 cm³/mol. The standard InChI is InChI=1S/C26H38N2O3S/c1-6-8-16-26(17-9-7-2)25(29)24(20-12-10-19(3)11-13-20)22-18-21(28(4)5)14-15-23(22)32(30,31)27-26/h10-15,18,24-25,27,29H,6-9,16-17H2,1-5H3/t24-,25-/m1/s1. The maximum Gasteiger partial charge on any atom is 0.241 e. The third-order valence-corrected chi connectivity index (χ3v) is 8.37. The summed E-state index contributed by atoms with van der Waals surface area (Å²) in [5.41, 5.74) is 2.75. The fraction of sp³-hybridized carbons (Fsp3) is 0.538. The molecule has 0 spiro atoms. The van der Waals surface area contributed by atoms with Crippen molar-refractivity contribution in [1.29, 1.82) is 0 Å². The van der Waals surface area contributed by atoms with Crippen molar-refractivity contribution in [3.63, 3.8) is 0 Å². The molecule has 2 atom stereocenters. The van der Waals surface area contributed by atoms with Crippen molar-refractivity contribution in [2.45, 2.75) is 81.8 Å². The zero-order valence-electron chi connectivity index (χ0n) is 20.1. The van der Waals surface area contributed by atoms with E-state index < -0.39 is 27.6 Å². The molecule has 2 aromatic rings. The van der Waals surface area contributed by atoms with E-state index in [4.69, 9.17) is 0 Å². The molecule has 5 nitrogen and oxygen atoms in total. The van der Waals surface area contributed by atoms with Gasteiger partial charge in [-0.1, -0.05) is 69.4 Å². The largest absolute Gasteiger partial charge is 0.390 e. The molecule has 6 heteroatoms. The zero-order valence-corrected chi connectivity index (χ0v) is 20.9. The van der Waals surface area contributed by atoms with E-state index in [0.29, 0.717) is 18.4 Å². The van der Waals surface area contributed by atoms with Crippen LogP contribution in [0, 0.1) is 6.92 Å². The number of hydrogen-bond donors (Lipinski definition) is 2. The van der Waals surface area contributed by atoms with Crippen LogP contribution in [0.25, 0.3) is 0 Å². The van der Waals surface area contributed by atoms with Gasteiger partial charge in [-0.15, -0.1) is 0 Å². The highest BCUT2D eigenvalue weighted by molar-refractivity contribution is 7.89. The fourth-order valence-corrected chi connectivity index (χ4v) is 6.53. The van der Waals surface area contributed by atoms with Crippen LogP contribution in [-0.4, -0.2) is 39.3 Å². The Morgan fingerprint density at radius 1 is 1.00 bits per heavy atom. The second-order valence-electron chi connectivity index (χ2n) is 9.42. The van der Waals surface area contributed by atoms with Crippen molar-refractivity contribution in [1.82, 2.24) is 4.72 Å². The summed E-state index contributed by atoms with van der Waals surface area (Å²) in [6, 6.07) is 13.6. The number of rotatable bonds is 8. The molecule has 1 heterocycles. The van der Waals surface area contributed by atoms with Crippen LogP contribution in [0.1, 0.15) is 75.0 Å². The van der Waals surface area contributed by atoms with Gasteiger partial charge in [-0.05, 0) is 49.1 Å². The average Bonchev–Trinajstić information content (AvgIpc) is 2.83. The topological polar surface area (TPSA) is 69.6 Å². The molecule has 1 aliphatic heterocycles. The van der Waals surface area contributed by atoms with Gasteiger partial charge >= 0.3 is 0 Å². The number of aryl methyl sites for hydroxylation is 1. The van der Waals surface area contributed by atoms with Crippen molar-refractivity contribution in [2.24, 2.45) is 0 Å². The maximum atomic E-state index is 13.7. The first-order chi connectivity index (χ1) is 15.1. The smallest absolute Gasteiger partial charge is 0.241 e. The minimum Gasteiger partial charge on any atom is -0.390 e. The van der Waals surface area contributed by atoms with Crippen molar-refractivity contribution in [3.05, 3.63) is 59.2 Å². The van der Waals surface area contributed by atoms with Crippen LogP contribution < -0.4 is 9.62 Å². The summed E-state index contributed by atoms with van der Waals surface area (Å²) >= 11 is 0. The van der Waals surface area contributed by atoms with Gasteiger partial charge in [-0.3, -0.25) is 0 Å².